The van der Waals surface area contributed by atoms with Crippen molar-refractivity contribution in [3.05, 3.63) is 53.9 Å². The average Bonchev–Trinajstić information content (AvgIpc) is 2.83. The summed E-state index contributed by atoms with van der Waals surface area (Å²) in [5.41, 5.74) is 7.42. The van der Waals surface area contributed by atoms with Crippen LogP contribution < -0.4 is 11.1 Å². The molecule has 1 atom stereocenters. The molecule has 20 heavy (non-hydrogen) atoms. The third-order valence-corrected chi connectivity index (χ3v) is 3.14. The van der Waals surface area contributed by atoms with E-state index in [0.717, 1.165) is 11.1 Å². The van der Waals surface area contributed by atoms with Gasteiger partial charge >= 0.3 is 0 Å². The van der Waals surface area contributed by atoms with Crippen molar-refractivity contribution in [3.63, 3.8) is 0 Å². The molecule has 1 unspecified atom stereocenters. The highest BCUT2D eigenvalue weighted by molar-refractivity contribution is 7.80. The first-order valence-electron chi connectivity index (χ1n) is 6.17. The molecule has 1 heterocycles. The Bertz CT molecular complexity index is 609. The van der Waals surface area contributed by atoms with Crippen LogP contribution in [0.15, 0.2) is 42.7 Å². The van der Waals surface area contributed by atoms with Gasteiger partial charge in [-0.25, -0.2) is 0 Å². The maximum atomic E-state index is 12.3. The number of aryl methyl sites for hydroxylation is 1. The van der Waals surface area contributed by atoms with Gasteiger partial charge in [0.1, 0.15) is 5.92 Å². The summed E-state index contributed by atoms with van der Waals surface area (Å²) in [6, 6.07) is 9.28. The van der Waals surface area contributed by atoms with Crippen LogP contribution in [0.4, 0.5) is 0 Å². The Morgan fingerprint density at radius 2 is 2.15 bits per heavy atom. The predicted molar refractivity (Wildman–Crippen MR) is 81.0 cm³/mol. The summed E-state index contributed by atoms with van der Waals surface area (Å²) in [6.07, 6.45) is 3.55. The molecule has 0 saturated heterocycles. The van der Waals surface area contributed by atoms with Crippen molar-refractivity contribution in [2.75, 3.05) is 0 Å². The number of nitrogens with zero attached hydrogens (tertiary/aromatic N) is 2. The molecule has 2 aromatic rings. The lowest BCUT2D eigenvalue weighted by atomic mass is 9.98. The number of thiocarbonyl (C=S) groups is 1. The minimum atomic E-state index is -0.608. The molecule has 0 spiro atoms. The zero-order chi connectivity index (χ0) is 14.5. The molecule has 1 amide bonds. The number of amides is 1. The smallest absolute Gasteiger partial charge is 0.234 e. The lowest BCUT2D eigenvalue weighted by Crippen LogP contribution is -2.35. The maximum absolute atomic E-state index is 12.3. The number of hydrogen-bond acceptors (Lipinski definition) is 3. The molecule has 5 nitrogen and oxygen atoms in total. The molecular formula is C14H16N4OS. The van der Waals surface area contributed by atoms with Crippen molar-refractivity contribution in [2.45, 2.75) is 12.5 Å². The minimum Gasteiger partial charge on any atom is -0.392 e. The Balaban J connectivity index is 2.06. The number of nitrogens with two attached hydrogens (primary N) is 1. The lowest BCUT2D eigenvalue weighted by molar-refractivity contribution is -0.121. The molecule has 3 N–H and O–H groups in total. The second-order valence-corrected chi connectivity index (χ2v) is 4.96. The van der Waals surface area contributed by atoms with Gasteiger partial charge in [-0.05, 0) is 5.56 Å². The SMILES string of the molecule is Cn1cc(CNC(=O)C(C(N)=S)c2ccccc2)cn1. The van der Waals surface area contributed by atoms with Crippen molar-refractivity contribution >= 4 is 23.1 Å². The lowest BCUT2D eigenvalue weighted by Gasteiger charge is -2.15. The Hall–Kier alpha value is -2.21. The van der Waals surface area contributed by atoms with Gasteiger partial charge in [0.2, 0.25) is 5.91 Å². The van der Waals surface area contributed by atoms with E-state index in [1.807, 2.05) is 43.6 Å². The Labute approximate surface area is 122 Å². The summed E-state index contributed by atoms with van der Waals surface area (Å²) in [5.74, 6) is -0.810. The van der Waals surface area contributed by atoms with Gasteiger partial charge in [0.15, 0.2) is 0 Å². The molecule has 0 bridgehead atoms. The molecule has 2 rings (SSSR count). The van der Waals surface area contributed by atoms with E-state index in [0.29, 0.717) is 6.54 Å². The zero-order valence-electron chi connectivity index (χ0n) is 11.1. The molecule has 0 aliphatic heterocycles. The van der Waals surface area contributed by atoms with Crippen LogP contribution >= 0.6 is 12.2 Å². The fourth-order valence-corrected chi connectivity index (χ4v) is 2.19. The van der Waals surface area contributed by atoms with Gasteiger partial charge in [0, 0.05) is 25.4 Å². The third kappa shape index (κ3) is 3.42. The highest BCUT2D eigenvalue weighted by Gasteiger charge is 2.23. The Morgan fingerprint density at radius 1 is 1.45 bits per heavy atom. The van der Waals surface area contributed by atoms with Gasteiger partial charge in [-0.1, -0.05) is 42.5 Å². The molecule has 104 valence electrons. The summed E-state index contributed by atoms with van der Waals surface area (Å²) in [7, 11) is 1.83. The van der Waals surface area contributed by atoms with E-state index in [1.54, 1.807) is 10.9 Å². The third-order valence-electron chi connectivity index (χ3n) is 2.90. The summed E-state index contributed by atoms with van der Waals surface area (Å²) in [6.45, 7) is 0.401. The van der Waals surface area contributed by atoms with Crippen molar-refractivity contribution < 1.29 is 4.79 Å². The topological polar surface area (TPSA) is 72.9 Å². The van der Waals surface area contributed by atoms with Gasteiger partial charge in [-0.3, -0.25) is 9.48 Å². The molecule has 0 radical (unpaired) electrons. The van der Waals surface area contributed by atoms with Crippen LogP contribution in [0, 0.1) is 0 Å². The summed E-state index contributed by atoms with van der Waals surface area (Å²) < 4.78 is 1.68. The van der Waals surface area contributed by atoms with Crippen molar-refractivity contribution in [2.24, 2.45) is 12.8 Å². The normalized spacial score (nSPS) is 11.8. The van der Waals surface area contributed by atoms with E-state index in [4.69, 9.17) is 18.0 Å². The average molecular weight is 288 g/mol. The Kier molecular flexibility index (Phi) is 4.47. The zero-order valence-corrected chi connectivity index (χ0v) is 11.9. The van der Waals surface area contributed by atoms with Crippen LogP contribution in [-0.4, -0.2) is 20.7 Å². The highest BCUT2D eigenvalue weighted by atomic mass is 32.1. The number of hydrogen-bond donors (Lipinski definition) is 2. The van der Waals surface area contributed by atoms with Gasteiger partial charge in [-0.2, -0.15) is 5.10 Å². The van der Waals surface area contributed by atoms with E-state index in [2.05, 4.69) is 10.4 Å². The van der Waals surface area contributed by atoms with Gasteiger partial charge in [0.25, 0.3) is 0 Å². The van der Waals surface area contributed by atoms with Gasteiger partial charge in [0.05, 0.1) is 11.2 Å². The molecule has 0 fully saturated rings. The number of rotatable bonds is 5. The number of carbonyl (C=O) groups excluding carboxylic acids is 1. The first kappa shape index (κ1) is 14.2. The van der Waals surface area contributed by atoms with Crippen LogP contribution in [0.25, 0.3) is 0 Å². The molecule has 1 aromatic carbocycles. The molecule has 6 heteroatoms. The van der Waals surface area contributed by atoms with E-state index >= 15 is 0 Å². The molecule has 1 aromatic heterocycles. The predicted octanol–water partition coefficient (Wildman–Crippen LogP) is 1.11. The number of benzene rings is 1. The first-order valence-corrected chi connectivity index (χ1v) is 6.58. The number of carbonyl (C=O) groups is 1. The number of nitrogens with one attached hydrogen (secondary N) is 1. The summed E-state index contributed by atoms with van der Waals surface area (Å²) >= 11 is 5.01. The minimum absolute atomic E-state index is 0.167. The highest BCUT2D eigenvalue weighted by Crippen LogP contribution is 2.16. The van der Waals surface area contributed by atoms with Crippen LogP contribution in [0.5, 0.6) is 0 Å². The van der Waals surface area contributed by atoms with Crippen molar-refractivity contribution in [1.29, 1.82) is 0 Å². The fourth-order valence-electron chi connectivity index (χ4n) is 1.94. The van der Waals surface area contributed by atoms with E-state index < -0.39 is 5.92 Å². The maximum Gasteiger partial charge on any atom is 0.234 e. The van der Waals surface area contributed by atoms with Crippen LogP contribution in [0.3, 0.4) is 0 Å². The van der Waals surface area contributed by atoms with E-state index in [1.165, 1.54) is 0 Å². The summed E-state index contributed by atoms with van der Waals surface area (Å²) in [4.78, 5) is 12.4. The van der Waals surface area contributed by atoms with Crippen LogP contribution in [0.1, 0.15) is 17.0 Å². The van der Waals surface area contributed by atoms with Crippen molar-refractivity contribution in [1.82, 2.24) is 15.1 Å². The first-order chi connectivity index (χ1) is 9.58. The molecule has 0 aliphatic rings. The van der Waals surface area contributed by atoms with Gasteiger partial charge < -0.3 is 11.1 Å². The quantitative estimate of drug-likeness (QED) is 0.808. The van der Waals surface area contributed by atoms with Crippen LogP contribution in [-0.2, 0) is 18.4 Å². The van der Waals surface area contributed by atoms with E-state index in [-0.39, 0.29) is 10.9 Å². The largest absolute Gasteiger partial charge is 0.392 e. The molecular weight excluding hydrogens is 272 g/mol. The van der Waals surface area contributed by atoms with Crippen LogP contribution in [0.2, 0.25) is 0 Å². The number of aromatic nitrogens is 2. The second-order valence-electron chi connectivity index (χ2n) is 4.49. The molecule has 0 saturated carbocycles. The van der Waals surface area contributed by atoms with Crippen molar-refractivity contribution in [3.8, 4) is 0 Å². The second kappa shape index (κ2) is 6.29. The monoisotopic (exact) mass is 288 g/mol. The Morgan fingerprint density at radius 3 is 2.70 bits per heavy atom. The standard InChI is InChI=1S/C14H16N4OS/c1-18-9-10(8-17-18)7-16-14(19)12(13(15)20)11-5-3-2-4-6-11/h2-6,8-9,12H,7H2,1H3,(H2,15,20)(H,16,19). The van der Waals surface area contributed by atoms with Gasteiger partial charge in [-0.15, -0.1) is 0 Å². The summed E-state index contributed by atoms with van der Waals surface area (Å²) in [5, 5.41) is 6.88. The fraction of sp³-hybridized carbons (Fsp3) is 0.214. The van der Waals surface area contributed by atoms with E-state index in [9.17, 15) is 4.79 Å². The molecule has 0 aliphatic carbocycles.